The number of carbonyl (C=O) groups excluding carboxylic acids is 2. The molecule has 0 fully saturated rings. The minimum absolute atomic E-state index is 0.0166. The molecule has 0 aliphatic heterocycles. The van der Waals surface area contributed by atoms with E-state index in [0.717, 1.165) is 0 Å². The standard InChI is InChI=1S/C16H13BrClFN2O3/c1-8(15(22)21-14-5-2-9(17)6-12(14)19)24-16(23)11-4-3-10(18)7-13(11)20/h2-8H,20H2,1H3,(H,21,22). The van der Waals surface area contributed by atoms with Gasteiger partial charge in [0, 0.05) is 15.2 Å². The third-order valence-corrected chi connectivity index (χ3v) is 3.80. The van der Waals surface area contributed by atoms with Gasteiger partial charge in [-0.25, -0.2) is 9.18 Å². The smallest absolute Gasteiger partial charge is 0.341 e. The fourth-order valence-electron chi connectivity index (χ4n) is 1.82. The molecule has 0 heterocycles. The highest BCUT2D eigenvalue weighted by Crippen LogP contribution is 2.21. The number of nitrogens with two attached hydrogens (primary N) is 1. The fourth-order valence-corrected chi connectivity index (χ4v) is 2.34. The number of nitrogens with one attached hydrogen (secondary N) is 1. The molecule has 0 aliphatic rings. The largest absolute Gasteiger partial charge is 0.449 e. The van der Waals surface area contributed by atoms with Gasteiger partial charge in [0.05, 0.1) is 11.3 Å². The topological polar surface area (TPSA) is 81.4 Å². The van der Waals surface area contributed by atoms with E-state index in [0.29, 0.717) is 9.50 Å². The molecule has 5 nitrogen and oxygen atoms in total. The molecule has 1 unspecified atom stereocenters. The molecule has 0 saturated carbocycles. The molecule has 2 aromatic rings. The van der Waals surface area contributed by atoms with Crippen LogP contribution in [0, 0.1) is 5.82 Å². The van der Waals surface area contributed by atoms with E-state index in [1.54, 1.807) is 6.07 Å². The quantitative estimate of drug-likeness (QED) is 0.584. The highest BCUT2D eigenvalue weighted by Gasteiger charge is 2.21. The number of ether oxygens (including phenoxy) is 1. The molecule has 0 radical (unpaired) electrons. The Morgan fingerprint density at radius 3 is 2.62 bits per heavy atom. The lowest BCUT2D eigenvalue weighted by Crippen LogP contribution is -2.30. The van der Waals surface area contributed by atoms with Gasteiger partial charge in [-0.3, -0.25) is 4.79 Å². The Bertz CT molecular complexity index is 801. The van der Waals surface area contributed by atoms with Crippen LogP contribution in [0.25, 0.3) is 0 Å². The van der Waals surface area contributed by atoms with Crippen LogP contribution >= 0.6 is 27.5 Å². The summed E-state index contributed by atoms with van der Waals surface area (Å²) in [4.78, 5) is 24.1. The Balaban J connectivity index is 2.04. The van der Waals surface area contributed by atoms with Crippen LogP contribution < -0.4 is 11.1 Å². The number of hydrogen-bond donors (Lipinski definition) is 2. The average molecular weight is 416 g/mol. The zero-order chi connectivity index (χ0) is 17.9. The monoisotopic (exact) mass is 414 g/mol. The van der Waals surface area contributed by atoms with Crippen molar-refractivity contribution >= 4 is 50.8 Å². The van der Waals surface area contributed by atoms with Crippen molar-refractivity contribution in [3.63, 3.8) is 0 Å². The van der Waals surface area contributed by atoms with Gasteiger partial charge in [-0.15, -0.1) is 0 Å². The maximum Gasteiger partial charge on any atom is 0.341 e. The van der Waals surface area contributed by atoms with Crippen molar-refractivity contribution in [1.82, 2.24) is 0 Å². The minimum atomic E-state index is -1.14. The molecule has 2 aromatic carbocycles. The summed E-state index contributed by atoms with van der Waals surface area (Å²) in [5, 5.41) is 2.73. The van der Waals surface area contributed by atoms with Crippen LogP contribution in [0.3, 0.4) is 0 Å². The van der Waals surface area contributed by atoms with Gasteiger partial charge in [0.2, 0.25) is 0 Å². The zero-order valence-electron chi connectivity index (χ0n) is 12.5. The Morgan fingerprint density at radius 1 is 1.29 bits per heavy atom. The van der Waals surface area contributed by atoms with Gasteiger partial charge in [0.1, 0.15) is 5.82 Å². The first-order chi connectivity index (χ1) is 11.3. The molecule has 0 bridgehead atoms. The number of carbonyl (C=O) groups is 2. The van der Waals surface area contributed by atoms with Gasteiger partial charge in [-0.1, -0.05) is 27.5 Å². The second-order valence-electron chi connectivity index (χ2n) is 4.89. The molecule has 0 spiro atoms. The van der Waals surface area contributed by atoms with Crippen LogP contribution in [-0.4, -0.2) is 18.0 Å². The van der Waals surface area contributed by atoms with Crippen LogP contribution in [0.5, 0.6) is 0 Å². The molecule has 2 rings (SSSR count). The summed E-state index contributed by atoms with van der Waals surface area (Å²) in [6.07, 6.45) is -1.14. The van der Waals surface area contributed by atoms with E-state index in [1.807, 2.05) is 0 Å². The maximum absolute atomic E-state index is 13.7. The van der Waals surface area contributed by atoms with E-state index in [4.69, 9.17) is 22.1 Å². The first-order valence-electron chi connectivity index (χ1n) is 6.80. The summed E-state index contributed by atoms with van der Waals surface area (Å²) in [5.74, 6) is -2.06. The van der Waals surface area contributed by atoms with Crippen molar-refractivity contribution in [3.8, 4) is 0 Å². The predicted molar refractivity (Wildman–Crippen MR) is 93.5 cm³/mol. The van der Waals surface area contributed by atoms with E-state index >= 15 is 0 Å². The summed E-state index contributed by atoms with van der Waals surface area (Å²) in [7, 11) is 0. The third kappa shape index (κ3) is 4.46. The van der Waals surface area contributed by atoms with Gasteiger partial charge in [-0.05, 0) is 43.3 Å². The Morgan fingerprint density at radius 2 is 2.00 bits per heavy atom. The Hall–Kier alpha value is -2.12. The second-order valence-corrected chi connectivity index (χ2v) is 6.24. The predicted octanol–water partition coefficient (Wildman–Crippen LogP) is 4.01. The molecule has 3 N–H and O–H groups in total. The number of esters is 1. The van der Waals surface area contributed by atoms with Crippen molar-refractivity contribution < 1.29 is 18.7 Å². The van der Waals surface area contributed by atoms with Crippen LogP contribution in [0.4, 0.5) is 15.8 Å². The highest BCUT2D eigenvalue weighted by molar-refractivity contribution is 9.10. The summed E-state index contributed by atoms with van der Waals surface area (Å²) in [6, 6.07) is 8.46. The fraction of sp³-hybridized carbons (Fsp3) is 0.125. The number of anilines is 2. The number of amides is 1. The van der Waals surface area contributed by atoms with E-state index in [9.17, 15) is 14.0 Å². The summed E-state index contributed by atoms with van der Waals surface area (Å²) >= 11 is 8.88. The SMILES string of the molecule is CC(OC(=O)c1ccc(Cl)cc1N)C(=O)Nc1ccc(Br)cc1F. The molecule has 1 atom stereocenters. The van der Waals surface area contributed by atoms with Crippen molar-refractivity contribution in [1.29, 1.82) is 0 Å². The van der Waals surface area contributed by atoms with E-state index in [2.05, 4.69) is 21.2 Å². The molecule has 0 saturated heterocycles. The molecule has 0 aliphatic carbocycles. The second kappa shape index (κ2) is 7.63. The third-order valence-electron chi connectivity index (χ3n) is 3.08. The van der Waals surface area contributed by atoms with E-state index in [1.165, 1.54) is 37.3 Å². The zero-order valence-corrected chi connectivity index (χ0v) is 14.8. The Labute approximate surface area is 151 Å². The Kier molecular flexibility index (Phi) is 5.80. The summed E-state index contributed by atoms with van der Waals surface area (Å²) in [6.45, 7) is 1.37. The van der Waals surface area contributed by atoms with Gasteiger partial charge in [0.15, 0.2) is 6.10 Å². The van der Waals surface area contributed by atoms with E-state index in [-0.39, 0.29) is 16.9 Å². The number of benzene rings is 2. The minimum Gasteiger partial charge on any atom is -0.449 e. The lowest BCUT2D eigenvalue weighted by Gasteiger charge is -2.14. The van der Waals surface area contributed by atoms with Gasteiger partial charge in [0.25, 0.3) is 5.91 Å². The lowest BCUT2D eigenvalue weighted by molar-refractivity contribution is -0.123. The summed E-state index contributed by atoms with van der Waals surface area (Å²) < 4.78 is 19.3. The van der Waals surface area contributed by atoms with Crippen LogP contribution in [0.1, 0.15) is 17.3 Å². The first-order valence-corrected chi connectivity index (χ1v) is 7.97. The van der Waals surface area contributed by atoms with Crippen molar-refractivity contribution in [2.75, 3.05) is 11.1 Å². The van der Waals surface area contributed by atoms with Crippen molar-refractivity contribution in [2.24, 2.45) is 0 Å². The first kappa shape index (κ1) is 18.2. The average Bonchev–Trinajstić information content (AvgIpc) is 2.49. The number of halogens is 3. The normalized spacial score (nSPS) is 11.7. The number of rotatable bonds is 4. The number of hydrogen-bond acceptors (Lipinski definition) is 4. The van der Waals surface area contributed by atoms with Crippen LogP contribution in [0.15, 0.2) is 40.9 Å². The molecular weight excluding hydrogens is 403 g/mol. The molecule has 8 heteroatoms. The molecule has 1 amide bonds. The highest BCUT2D eigenvalue weighted by atomic mass is 79.9. The summed E-state index contributed by atoms with van der Waals surface area (Å²) in [5.41, 5.74) is 5.90. The van der Waals surface area contributed by atoms with Crippen molar-refractivity contribution in [2.45, 2.75) is 13.0 Å². The van der Waals surface area contributed by atoms with Crippen LogP contribution in [-0.2, 0) is 9.53 Å². The van der Waals surface area contributed by atoms with Crippen LogP contribution in [0.2, 0.25) is 5.02 Å². The lowest BCUT2D eigenvalue weighted by atomic mass is 10.2. The van der Waals surface area contributed by atoms with E-state index < -0.39 is 23.8 Å². The van der Waals surface area contributed by atoms with Gasteiger partial charge in [-0.2, -0.15) is 0 Å². The molecule has 0 aromatic heterocycles. The molecule has 24 heavy (non-hydrogen) atoms. The number of nitrogen functional groups attached to an aromatic ring is 1. The molecular formula is C16H13BrClFN2O3. The maximum atomic E-state index is 13.7. The molecule has 126 valence electrons. The van der Waals surface area contributed by atoms with Gasteiger partial charge < -0.3 is 15.8 Å². The van der Waals surface area contributed by atoms with Crippen molar-refractivity contribution in [3.05, 3.63) is 57.3 Å². The van der Waals surface area contributed by atoms with Gasteiger partial charge >= 0.3 is 5.97 Å².